The smallest absolute Gasteiger partial charge is 0.309 e. The molecular weight excluding hydrogens is 266 g/mol. The average molecular weight is 286 g/mol. The Balaban J connectivity index is 3.34. The van der Waals surface area contributed by atoms with Crippen LogP contribution in [0.25, 0.3) is 0 Å². The summed E-state index contributed by atoms with van der Waals surface area (Å²) in [7, 11) is 0. The number of phenolic OH excluding ortho intramolecular Hbond substituents is 1. The summed E-state index contributed by atoms with van der Waals surface area (Å²) in [5.41, 5.74) is -0.660. The van der Waals surface area contributed by atoms with Crippen LogP contribution in [0.5, 0.6) is 5.75 Å². The van der Waals surface area contributed by atoms with Crippen LogP contribution < -0.4 is 0 Å². The molecule has 0 spiro atoms. The number of hydrogen-bond acceptors (Lipinski definition) is 2. The minimum Gasteiger partial charge on any atom is -0.507 e. The SMILES string of the molecule is CC(C)c1cc(CC(C)(C)C(=O)O)c(O)c(C(F)F)c1. The van der Waals surface area contributed by atoms with Crippen molar-refractivity contribution < 1.29 is 23.8 Å². The first-order valence-corrected chi connectivity index (χ1v) is 6.43. The zero-order valence-electron chi connectivity index (χ0n) is 12.1. The van der Waals surface area contributed by atoms with Gasteiger partial charge in [-0.25, -0.2) is 8.78 Å². The number of alkyl halides is 2. The van der Waals surface area contributed by atoms with E-state index in [4.69, 9.17) is 5.11 Å². The Labute approximate surface area is 117 Å². The van der Waals surface area contributed by atoms with Crippen molar-refractivity contribution >= 4 is 5.97 Å². The van der Waals surface area contributed by atoms with E-state index in [1.165, 1.54) is 19.9 Å². The van der Waals surface area contributed by atoms with Gasteiger partial charge >= 0.3 is 5.97 Å². The Morgan fingerprint density at radius 1 is 1.30 bits per heavy atom. The van der Waals surface area contributed by atoms with Crippen LogP contribution in [0.3, 0.4) is 0 Å². The fourth-order valence-corrected chi connectivity index (χ4v) is 1.93. The number of halogens is 2. The van der Waals surface area contributed by atoms with E-state index in [9.17, 15) is 18.7 Å². The van der Waals surface area contributed by atoms with Crippen LogP contribution in [0.2, 0.25) is 0 Å². The first-order valence-electron chi connectivity index (χ1n) is 6.43. The number of benzene rings is 1. The van der Waals surface area contributed by atoms with Crippen LogP contribution in [0, 0.1) is 5.41 Å². The van der Waals surface area contributed by atoms with Gasteiger partial charge in [0.05, 0.1) is 11.0 Å². The summed E-state index contributed by atoms with van der Waals surface area (Å²) in [5.74, 6) is -1.52. The van der Waals surface area contributed by atoms with Gasteiger partial charge in [0.1, 0.15) is 5.75 Å². The van der Waals surface area contributed by atoms with Crippen LogP contribution in [0.15, 0.2) is 12.1 Å². The van der Waals surface area contributed by atoms with E-state index in [-0.39, 0.29) is 17.9 Å². The van der Waals surface area contributed by atoms with Crippen molar-refractivity contribution in [2.45, 2.75) is 46.5 Å². The van der Waals surface area contributed by atoms with E-state index in [2.05, 4.69) is 0 Å². The van der Waals surface area contributed by atoms with Crippen LogP contribution >= 0.6 is 0 Å². The summed E-state index contributed by atoms with van der Waals surface area (Å²) >= 11 is 0. The molecule has 0 saturated carbocycles. The Morgan fingerprint density at radius 2 is 1.85 bits per heavy atom. The van der Waals surface area contributed by atoms with Gasteiger partial charge in [-0.2, -0.15) is 0 Å². The van der Waals surface area contributed by atoms with Crippen molar-refractivity contribution in [3.63, 3.8) is 0 Å². The number of carbonyl (C=O) groups is 1. The molecule has 0 aliphatic rings. The Kier molecular flexibility index (Phi) is 4.73. The van der Waals surface area contributed by atoms with E-state index in [1.54, 1.807) is 6.07 Å². The number of carboxylic acid groups (broad SMARTS) is 1. The quantitative estimate of drug-likeness (QED) is 0.856. The van der Waals surface area contributed by atoms with Crippen molar-refractivity contribution in [3.05, 3.63) is 28.8 Å². The predicted molar refractivity (Wildman–Crippen MR) is 72.3 cm³/mol. The van der Waals surface area contributed by atoms with Gasteiger partial charge in [-0.05, 0) is 43.4 Å². The van der Waals surface area contributed by atoms with Crippen LogP contribution in [-0.2, 0) is 11.2 Å². The van der Waals surface area contributed by atoms with Crippen LogP contribution in [0.1, 0.15) is 56.7 Å². The maximum atomic E-state index is 13.0. The number of carboxylic acids is 1. The molecule has 0 aliphatic heterocycles. The summed E-state index contributed by atoms with van der Waals surface area (Å²) in [4.78, 5) is 11.1. The molecule has 2 N–H and O–H groups in total. The second-order valence-electron chi connectivity index (χ2n) is 5.94. The third-order valence-corrected chi connectivity index (χ3v) is 3.35. The standard InChI is InChI=1S/C15H20F2O3/c1-8(2)9-5-10(7-15(3,4)14(19)20)12(18)11(6-9)13(16)17/h5-6,8,13,18H,7H2,1-4H3,(H,19,20). The summed E-state index contributed by atoms with van der Waals surface area (Å²) in [6.07, 6.45) is -2.80. The molecule has 0 bridgehead atoms. The van der Waals surface area contributed by atoms with Gasteiger partial charge in [0.15, 0.2) is 0 Å². The zero-order chi connectivity index (χ0) is 15.7. The van der Waals surface area contributed by atoms with Crippen LogP contribution in [-0.4, -0.2) is 16.2 Å². The molecule has 0 aromatic heterocycles. The fourth-order valence-electron chi connectivity index (χ4n) is 1.93. The number of aliphatic carboxylic acids is 1. The highest BCUT2D eigenvalue weighted by molar-refractivity contribution is 5.74. The molecule has 112 valence electrons. The van der Waals surface area contributed by atoms with E-state index in [0.29, 0.717) is 5.56 Å². The molecule has 20 heavy (non-hydrogen) atoms. The number of rotatable bonds is 5. The molecule has 0 amide bonds. The molecule has 5 heteroatoms. The molecule has 0 heterocycles. The Hall–Kier alpha value is -1.65. The lowest BCUT2D eigenvalue weighted by molar-refractivity contribution is -0.146. The molecule has 1 aromatic carbocycles. The normalized spacial score (nSPS) is 12.2. The van der Waals surface area contributed by atoms with Gasteiger partial charge in [0.2, 0.25) is 0 Å². The first kappa shape index (κ1) is 16.4. The van der Waals surface area contributed by atoms with Gasteiger partial charge in [0.25, 0.3) is 6.43 Å². The highest BCUT2D eigenvalue weighted by atomic mass is 19.3. The largest absolute Gasteiger partial charge is 0.507 e. The van der Waals surface area contributed by atoms with E-state index >= 15 is 0 Å². The van der Waals surface area contributed by atoms with Gasteiger partial charge < -0.3 is 10.2 Å². The zero-order valence-corrected chi connectivity index (χ0v) is 12.1. The predicted octanol–water partition coefficient (Wildman–Crippen LogP) is 4.11. The summed E-state index contributed by atoms with van der Waals surface area (Å²) in [6.45, 7) is 6.71. The van der Waals surface area contributed by atoms with Gasteiger partial charge in [-0.15, -0.1) is 0 Å². The maximum absolute atomic E-state index is 13.0. The minimum atomic E-state index is -2.79. The van der Waals surface area contributed by atoms with Crippen molar-refractivity contribution in [2.24, 2.45) is 5.41 Å². The molecular formula is C15H20F2O3. The lowest BCUT2D eigenvalue weighted by Gasteiger charge is -2.22. The maximum Gasteiger partial charge on any atom is 0.309 e. The van der Waals surface area contributed by atoms with Crippen LogP contribution in [0.4, 0.5) is 8.78 Å². The number of aromatic hydroxyl groups is 1. The minimum absolute atomic E-state index is 0.00551. The molecule has 0 saturated heterocycles. The molecule has 0 radical (unpaired) electrons. The van der Waals surface area contributed by atoms with Gasteiger partial charge in [0, 0.05) is 0 Å². The summed E-state index contributed by atoms with van der Waals surface area (Å²) < 4.78 is 25.9. The topological polar surface area (TPSA) is 57.5 Å². The molecule has 3 nitrogen and oxygen atoms in total. The molecule has 0 aliphatic carbocycles. The van der Waals surface area contributed by atoms with Crippen molar-refractivity contribution in [1.29, 1.82) is 0 Å². The van der Waals surface area contributed by atoms with E-state index in [0.717, 1.165) is 0 Å². The van der Waals surface area contributed by atoms with Crippen molar-refractivity contribution in [3.8, 4) is 5.75 Å². The molecule has 0 unspecified atom stereocenters. The number of phenols is 1. The van der Waals surface area contributed by atoms with Crippen molar-refractivity contribution in [2.75, 3.05) is 0 Å². The molecule has 1 aromatic rings. The summed E-state index contributed by atoms with van der Waals surface area (Å²) in [6, 6.07) is 2.89. The van der Waals surface area contributed by atoms with Crippen molar-refractivity contribution in [1.82, 2.24) is 0 Å². The summed E-state index contributed by atoms with van der Waals surface area (Å²) in [5, 5.41) is 19.1. The Bertz CT molecular complexity index is 508. The third kappa shape index (κ3) is 3.46. The van der Waals surface area contributed by atoms with E-state index < -0.39 is 29.1 Å². The second-order valence-corrected chi connectivity index (χ2v) is 5.94. The third-order valence-electron chi connectivity index (χ3n) is 3.35. The van der Waals surface area contributed by atoms with E-state index in [1.807, 2.05) is 13.8 Å². The molecule has 1 rings (SSSR count). The average Bonchev–Trinajstić information content (AvgIpc) is 2.30. The lowest BCUT2D eigenvalue weighted by atomic mass is 9.83. The molecule has 0 fully saturated rings. The molecule has 0 atom stereocenters. The van der Waals surface area contributed by atoms with Gasteiger partial charge in [-0.1, -0.05) is 19.9 Å². The fraction of sp³-hybridized carbons (Fsp3) is 0.533. The first-order chi connectivity index (χ1) is 9.06. The lowest BCUT2D eigenvalue weighted by Crippen LogP contribution is -2.26. The second kappa shape index (κ2) is 5.77. The van der Waals surface area contributed by atoms with Gasteiger partial charge in [-0.3, -0.25) is 4.79 Å². The highest BCUT2D eigenvalue weighted by Crippen LogP contribution is 2.37. The number of hydrogen-bond donors (Lipinski definition) is 2. The Morgan fingerprint density at radius 3 is 2.25 bits per heavy atom. The highest BCUT2D eigenvalue weighted by Gasteiger charge is 2.30. The monoisotopic (exact) mass is 286 g/mol.